The first-order valence-electron chi connectivity index (χ1n) is 13.6. The standard InChI is InChI=1S/C24H31N7S.C4H7NO/c1-30(2)16-7-9-31(10-8-16)20-12-18(26)15(13-25)11-19(20)29-23-22-17-5-3-4-6-21(17)32-24(22)28-14-27-23;6-4-5-2-1-3-5/h11-14,16,25H,3-10,26H2,1-2H3,(H,27,28,29);4H,1-3H2. The highest BCUT2D eigenvalue weighted by molar-refractivity contribution is 7.19. The van der Waals surface area contributed by atoms with Crippen molar-refractivity contribution in [2.24, 2.45) is 0 Å². The zero-order valence-electron chi connectivity index (χ0n) is 22.4. The van der Waals surface area contributed by atoms with E-state index in [0.29, 0.717) is 11.7 Å². The maximum atomic E-state index is 9.71. The van der Waals surface area contributed by atoms with Gasteiger partial charge in [-0.3, -0.25) is 4.79 Å². The zero-order chi connectivity index (χ0) is 26.6. The molecule has 1 aliphatic carbocycles. The van der Waals surface area contributed by atoms with Crippen LogP contribution >= 0.6 is 11.3 Å². The number of likely N-dealkylation sites (tertiary alicyclic amines) is 1. The monoisotopic (exact) mass is 534 g/mol. The number of fused-ring (bicyclic) bond motifs is 3. The largest absolute Gasteiger partial charge is 0.398 e. The van der Waals surface area contributed by atoms with Crippen molar-refractivity contribution in [3.05, 3.63) is 34.5 Å². The van der Waals surface area contributed by atoms with Crippen molar-refractivity contribution in [3.8, 4) is 0 Å². The number of aromatic nitrogens is 2. The van der Waals surface area contributed by atoms with Crippen molar-refractivity contribution < 1.29 is 4.79 Å². The van der Waals surface area contributed by atoms with Crippen LogP contribution in [0.4, 0.5) is 22.9 Å². The van der Waals surface area contributed by atoms with Crippen LogP contribution in [-0.2, 0) is 17.6 Å². The van der Waals surface area contributed by atoms with Gasteiger partial charge < -0.3 is 31.2 Å². The third-order valence-corrected chi connectivity index (χ3v) is 9.14. The van der Waals surface area contributed by atoms with Gasteiger partial charge in [0.1, 0.15) is 17.0 Å². The number of carbonyl (C=O) groups is 1. The van der Waals surface area contributed by atoms with Gasteiger partial charge in [0, 0.05) is 54.6 Å². The lowest BCUT2D eigenvalue weighted by Crippen LogP contribution is -2.42. The van der Waals surface area contributed by atoms with Crippen molar-refractivity contribution in [1.29, 1.82) is 5.41 Å². The van der Waals surface area contributed by atoms with Crippen LogP contribution in [-0.4, -0.2) is 78.7 Å². The fourth-order valence-electron chi connectivity index (χ4n) is 5.49. The number of benzene rings is 1. The Morgan fingerprint density at radius 1 is 1.11 bits per heavy atom. The molecule has 3 aliphatic rings. The molecule has 10 heteroatoms. The van der Waals surface area contributed by atoms with Crippen LogP contribution in [0.3, 0.4) is 0 Å². The number of thiophene rings is 1. The number of hydrogen-bond donors (Lipinski definition) is 3. The van der Waals surface area contributed by atoms with Gasteiger partial charge in [-0.05, 0) is 76.7 Å². The van der Waals surface area contributed by atoms with Crippen molar-refractivity contribution in [2.45, 2.75) is 51.0 Å². The SMILES string of the molecule is CN(C)C1CCN(c2cc(N)c(C=N)cc2Nc2ncnc3sc4c(c23)CCCC4)CC1.O=CN1CCC1. The molecule has 6 rings (SSSR count). The summed E-state index contributed by atoms with van der Waals surface area (Å²) < 4.78 is 0. The number of piperidine rings is 1. The highest BCUT2D eigenvalue weighted by Crippen LogP contribution is 2.41. The van der Waals surface area contributed by atoms with E-state index >= 15 is 0 Å². The molecular formula is C28H38N8OS. The Labute approximate surface area is 228 Å². The minimum atomic E-state index is 0.611. The number of anilines is 4. The molecule has 3 aromatic rings. The smallest absolute Gasteiger partial charge is 0.209 e. The second-order valence-electron chi connectivity index (χ2n) is 10.6. The zero-order valence-corrected chi connectivity index (χ0v) is 23.2. The van der Waals surface area contributed by atoms with Gasteiger partial charge in [0.2, 0.25) is 6.41 Å². The van der Waals surface area contributed by atoms with Crippen LogP contribution in [0.25, 0.3) is 10.2 Å². The van der Waals surface area contributed by atoms with E-state index in [0.717, 1.165) is 91.2 Å². The summed E-state index contributed by atoms with van der Waals surface area (Å²) >= 11 is 1.81. The second-order valence-corrected chi connectivity index (χ2v) is 11.6. The fraction of sp³-hybridized carbons (Fsp3) is 0.500. The molecule has 2 fully saturated rings. The predicted octanol–water partition coefficient (Wildman–Crippen LogP) is 4.27. The van der Waals surface area contributed by atoms with Gasteiger partial charge >= 0.3 is 0 Å². The molecule has 4 heterocycles. The highest BCUT2D eigenvalue weighted by Gasteiger charge is 2.25. The molecule has 202 valence electrons. The Bertz CT molecular complexity index is 1290. The first kappa shape index (κ1) is 26.4. The molecule has 38 heavy (non-hydrogen) atoms. The fourth-order valence-corrected chi connectivity index (χ4v) is 6.72. The molecule has 1 amide bonds. The van der Waals surface area contributed by atoms with Crippen LogP contribution in [0.1, 0.15) is 48.1 Å². The number of rotatable bonds is 6. The number of nitrogens with zero attached hydrogens (tertiary/aromatic N) is 5. The number of nitrogens with two attached hydrogens (primary N) is 1. The second kappa shape index (κ2) is 11.7. The van der Waals surface area contributed by atoms with Crippen LogP contribution in [0.5, 0.6) is 0 Å². The van der Waals surface area contributed by atoms with E-state index in [1.54, 1.807) is 11.2 Å². The van der Waals surface area contributed by atoms with E-state index in [9.17, 15) is 4.79 Å². The van der Waals surface area contributed by atoms with Crippen molar-refractivity contribution >= 4 is 57.1 Å². The molecule has 1 aromatic carbocycles. The summed E-state index contributed by atoms with van der Waals surface area (Å²) in [5, 5.41) is 12.6. The van der Waals surface area contributed by atoms with E-state index in [4.69, 9.17) is 11.1 Å². The Hall–Kier alpha value is -3.24. The summed E-state index contributed by atoms with van der Waals surface area (Å²) in [4.78, 5) is 27.9. The van der Waals surface area contributed by atoms with E-state index in [1.165, 1.54) is 35.9 Å². The van der Waals surface area contributed by atoms with Gasteiger partial charge in [0.25, 0.3) is 0 Å². The number of amides is 1. The summed E-state index contributed by atoms with van der Waals surface area (Å²) in [6.07, 6.45) is 12.0. The molecule has 2 aromatic heterocycles. The number of nitrogen functional groups attached to an aromatic ring is 1. The lowest BCUT2D eigenvalue weighted by molar-refractivity contribution is -0.121. The number of hydrogen-bond acceptors (Lipinski definition) is 9. The molecule has 0 saturated carbocycles. The Kier molecular flexibility index (Phi) is 8.09. The summed E-state index contributed by atoms with van der Waals surface area (Å²) in [6, 6.07) is 4.61. The quantitative estimate of drug-likeness (QED) is 0.246. The highest BCUT2D eigenvalue weighted by atomic mass is 32.1. The normalized spacial score (nSPS) is 17.4. The lowest BCUT2D eigenvalue weighted by atomic mass is 9.97. The molecular weight excluding hydrogens is 496 g/mol. The van der Waals surface area contributed by atoms with Crippen molar-refractivity contribution in [3.63, 3.8) is 0 Å². The summed E-state index contributed by atoms with van der Waals surface area (Å²) in [5.74, 6) is 0.861. The third-order valence-electron chi connectivity index (χ3n) is 7.94. The third kappa shape index (κ3) is 5.47. The Morgan fingerprint density at radius 2 is 1.87 bits per heavy atom. The molecule has 2 saturated heterocycles. The minimum absolute atomic E-state index is 0.611. The molecule has 0 bridgehead atoms. The number of aryl methyl sites for hydroxylation is 2. The van der Waals surface area contributed by atoms with E-state index < -0.39 is 0 Å². The Balaban J connectivity index is 0.000000433. The van der Waals surface area contributed by atoms with Gasteiger partial charge in [0.15, 0.2) is 0 Å². The van der Waals surface area contributed by atoms with E-state index in [2.05, 4.69) is 39.2 Å². The maximum Gasteiger partial charge on any atom is 0.209 e. The predicted molar refractivity (Wildman–Crippen MR) is 157 cm³/mol. The molecule has 0 spiro atoms. The Morgan fingerprint density at radius 3 is 2.50 bits per heavy atom. The first-order chi connectivity index (χ1) is 18.5. The van der Waals surface area contributed by atoms with Gasteiger partial charge in [-0.2, -0.15) is 0 Å². The number of carbonyl (C=O) groups excluding carboxylic acids is 1. The van der Waals surface area contributed by atoms with Crippen LogP contribution in [0, 0.1) is 5.41 Å². The van der Waals surface area contributed by atoms with Crippen molar-refractivity contribution in [2.75, 3.05) is 56.2 Å². The molecule has 0 atom stereocenters. The average Bonchev–Trinajstić information content (AvgIpc) is 3.29. The van der Waals surface area contributed by atoms with E-state index in [1.807, 2.05) is 23.5 Å². The van der Waals surface area contributed by atoms with Crippen LogP contribution in [0.2, 0.25) is 0 Å². The van der Waals surface area contributed by atoms with Crippen LogP contribution in [0.15, 0.2) is 18.5 Å². The summed E-state index contributed by atoms with van der Waals surface area (Å²) in [7, 11) is 4.32. The molecule has 2 aliphatic heterocycles. The topological polar surface area (TPSA) is 114 Å². The first-order valence-corrected chi connectivity index (χ1v) is 14.4. The molecule has 0 radical (unpaired) electrons. The van der Waals surface area contributed by atoms with Gasteiger partial charge in [0.05, 0.1) is 16.8 Å². The molecule has 4 N–H and O–H groups in total. The number of nitrogens with one attached hydrogen (secondary N) is 2. The maximum absolute atomic E-state index is 9.71. The summed E-state index contributed by atoms with van der Waals surface area (Å²) in [6.45, 7) is 3.91. The van der Waals surface area contributed by atoms with E-state index in [-0.39, 0.29) is 0 Å². The van der Waals surface area contributed by atoms with Gasteiger partial charge in [-0.25, -0.2) is 9.97 Å². The average molecular weight is 535 g/mol. The molecule has 9 nitrogen and oxygen atoms in total. The van der Waals surface area contributed by atoms with Crippen LogP contribution < -0.4 is 16.0 Å². The molecule has 0 unspecified atom stereocenters. The lowest BCUT2D eigenvalue weighted by Gasteiger charge is -2.37. The summed E-state index contributed by atoms with van der Waals surface area (Å²) in [5.41, 5.74) is 11.1. The van der Waals surface area contributed by atoms with Gasteiger partial charge in [-0.1, -0.05) is 0 Å². The van der Waals surface area contributed by atoms with Crippen molar-refractivity contribution in [1.82, 2.24) is 19.8 Å². The minimum Gasteiger partial charge on any atom is -0.398 e. The van der Waals surface area contributed by atoms with Gasteiger partial charge in [-0.15, -0.1) is 11.3 Å².